The predicted octanol–water partition coefficient (Wildman–Crippen LogP) is 2.08. The van der Waals surface area contributed by atoms with E-state index in [1.165, 1.54) is 0 Å². The topological polar surface area (TPSA) is 52.8 Å². The van der Waals surface area contributed by atoms with Crippen LogP contribution in [0.25, 0.3) is 0 Å². The van der Waals surface area contributed by atoms with Crippen molar-refractivity contribution in [3.8, 4) is 6.01 Å². The Bertz CT molecular complexity index is 329. The van der Waals surface area contributed by atoms with Crippen LogP contribution in [0, 0.1) is 0 Å². The average molecular weight is 228 g/mol. The first-order valence-electron chi connectivity index (χ1n) is 5.23. The highest BCUT2D eigenvalue weighted by Gasteiger charge is 2.40. The van der Waals surface area contributed by atoms with Gasteiger partial charge in [-0.2, -0.15) is 4.68 Å². The zero-order chi connectivity index (χ0) is 11.7. The van der Waals surface area contributed by atoms with E-state index in [9.17, 15) is 0 Å². The summed E-state index contributed by atoms with van der Waals surface area (Å²) >= 11 is 0. The number of nitrogens with zero attached hydrogens (tertiary/aromatic N) is 4. The van der Waals surface area contributed by atoms with Crippen molar-refractivity contribution < 1.29 is 4.43 Å². The molecular formula is C9H20N4OSi. The van der Waals surface area contributed by atoms with Crippen molar-refractivity contribution in [1.29, 1.82) is 0 Å². The van der Waals surface area contributed by atoms with E-state index in [2.05, 4.69) is 49.4 Å². The van der Waals surface area contributed by atoms with Crippen LogP contribution >= 0.6 is 0 Å². The molecule has 0 aliphatic heterocycles. The van der Waals surface area contributed by atoms with Gasteiger partial charge < -0.3 is 4.43 Å². The van der Waals surface area contributed by atoms with Gasteiger partial charge in [-0.1, -0.05) is 25.9 Å². The van der Waals surface area contributed by atoms with Gasteiger partial charge in [0.2, 0.25) is 0 Å². The highest BCUT2D eigenvalue weighted by atomic mass is 28.4. The third-order valence-corrected chi connectivity index (χ3v) is 7.26. The molecule has 0 radical (unpaired) electrons. The van der Waals surface area contributed by atoms with Crippen molar-refractivity contribution in [2.24, 2.45) is 0 Å². The molecule has 1 aromatic heterocycles. The molecule has 86 valence electrons. The Labute approximate surface area is 92.0 Å². The molecule has 0 aliphatic rings. The molecule has 1 aromatic rings. The lowest BCUT2D eigenvalue weighted by Crippen LogP contribution is -2.44. The van der Waals surface area contributed by atoms with Gasteiger partial charge in [0.05, 0.1) is 0 Å². The SMILES string of the molecule is CCn1nnnc1O[Si](C)(C)C(C)(C)C. The van der Waals surface area contributed by atoms with Gasteiger partial charge >= 0.3 is 6.01 Å². The van der Waals surface area contributed by atoms with E-state index >= 15 is 0 Å². The van der Waals surface area contributed by atoms with Gasteiger partial charge in [0.25, 0.3) is 8.32 Å². The summed E-state index contributed by atoms with van der Waals surface area (Å²) in [6.07, 6.45) is 0. The van der Waals surface area contributed by atoms with Crippen molar-refractivity contribution in [2.45, 2.75) is 52.4 Å². The fourth-order valence-corrected chi connectivity index (χ4v) is 1.76. The summed E-state index contributed by atoms with van der Waals surface area (Å²) in [6.45, 7) is 13.7. The Morgan fingerprint density at radius 3 is 2.40 bits per heavy atom. The van der Waals surface area contributed by atoms with Crippen LogP contribution in [-0.4, -0.2) is 28.5 Å². The Kier molecular flexibility index (Phi) is 3.18. The molecule has 0 spiro atoms. The smallest absolute Gasteiger partial charge is 0.321 e. The Morgan fingerprint density at radius 1 is 1.33 bits per heavy atom. The molecule has 15 heavy (non-hydrogen) atoms. The summed E-state index contributed by atoms with van der Waals surface area (Å²) in [6, 6.07) is 0.545. The monoisotopic (exact) mass is 228 g/mol. The van der Waals surface area contributed by atoms with Crippen molar-refractivity contribution in [1.82, 2.24) is 20.2 Å². The maximum Gasteiger partial charge on any atom is 0.321 e. The van der Waals surface area contributed by atoms with Crippen LogP contribution in [0.2, 0.25) is 18.1 Å². The molecule has 6 heteroatoms. The molecule has 0 saturated carbocycles. The minimum atomic E-state index is -1.82. The van der Waals surface area contributed by atoms with Gasteiger partial charge in [-0.25, -0.2) is 0 Å². The minimum absolute atomic E-state index is 0.164. The van der Waals surface area contributed by atoms with Crippen LogP contribution in [0.4, 0.5) is 0 Å². The first-order chi connectivity index (χ1) is 6.78. The number of tetrazole rings is 1. The normalized spacial score (nSPS) is 12.9. The second kappa shape index (κ2) is 3.92. The molecule has 0 bridgehead atoms. The van der Waals surface area contributed by atoms with Crippen LogP contribution in [0.5, 0.6) is 6.01 Å². The number of aryl methyl sites for hydroxylation is 1. The molecule has 0 fully saturated rings. The quantitative estimate of drug-likeness (QED) is 0.743. The fourth-order valence-electron chi connectivity index (χ4n) is 0.849. The second-order valence-electron chi connectivity index (χ2n) is 5.14. The molecule has 0 saturated heterocycles. The van der Waals surface area contributed by atoms with Gasteiger partial charge in [0.15, 0.2) is 0 Å². The summed E-state index contributed by atoms with van der Waals surface area (Å²) in [5.41, 5.74) is 0. The molecule has 1 rings (SSSR count). The van der Waals surface area contributed by atoms with E-state index in [1.54, 1.807) is 4.68 Å². The van der Waals surface area contributed by atoms with Crippen molar-refractivity contribution in [2.75, 3.05) is 0 Å². The Balaban J connectivity index is 2.86. The molecule has 0 atom stereocenters. The van der Waals surface area contributed by atoms with Crippen molar-refractivity contribution >= 4 is 8.32 Å². The fraction of sp³-hybridized carbons (Fsp3) is 0.889. The average Bonchev–Trinajstić information content (AvgIpc) is 2.48. The maximum atomic E-state index is 5.99. The van der Waals surface area contributed by atoms with Crippen LogP contribution in [0.15, 0.2) is 0 Å². The Hall–Kier alpha value is -0.913. The highest BCUT2D eigenvalue weighted by molar-refractivity contribution is 6.74. The molecule has 1 heterocycles. The van der Waals surface area contributed by atoms with Gasteiger partial charge in [-0.3, -0.25) is 0 Å². The summed E-state index contributed by atoms with van der Waals surface area (Å²) < 4.78 is 7.68. The number of rotatable bonds is 3. The maximum absolute atomic E-state index is 5.99. The minimum Gasteiger partial charge on any atom is -0.516 e. The lowest BCUT2D eigenvalue weighted by Gasteiger charge is -2.35. The Morgan fingerprint density at radius 2 is 1.93 bits per heavy atom. The first-order valence-corrected chi connectivity index (χ1v) is 8.14. The number of hydrogen-bond donors (Lipinski definition) is 0. The summed E-state index contributed by atoms with van der Waals surface area (Å²) in [4.78, 5) is 0. The highest BCUT2D eigenvalue weighted by Crippen LogP contribution is 2.36. The summed E-state index contributed by atoms with van der Waals surface area (Å²) in [7, 11) is -1.82. The summed E-state index contributed by atoms with van der Waals surface area (Å²) in [5.74, 6) is 0. The molecule has 0 amide bonds. The van der Waals surface area contributed by atoms with Gasteiger partial charge in [-0.05, 0) is 35.5 Å². The summed E-state index contributed by atoms with van der Waals surface area (Å²) in [5, 5.41) is 11.5. The molecule has 0 N–H and O–H groups in total. The zero-order valence-corrected chi connectivity index (χ0v) is 11.4. The van der Waals surface area contributed by atoms with Gasteiger partial charge in [0.1, 0.15) is 0 Å². The van der Waals surface area contributed by atoms with Crippen LogP contribution in [0.1, 0.15) is 27.7 Å². The number of hydrogen-bond acceptors (Lipinski definition) is 4. The molecular weight excluding hydrogens is 208 g/mol. The van der Waals surface area contributed by atoms with Crippen LogP contribution in [0.3, 0.4) is 0 Å². The van der Waals surface area contributed by atoms with Crippen molar-refractivity contribution in [3.63, 3.8) is 0 Å². The van der Waals surface area contributed by atoms with Gasteiger partial charge in [0, 0.05) is 6.54 Å². The molecule has 0 aromatic carbocycles. The largest absolute Gasteiger partial charge is 0.516 e. The van der Waals surface area contributed by atoms with E-state index in [0.717, 1.165) is 6.54 Å². The van der Waals surface area contributed by atoms with E-state index in [0.29, 0.717) is 6.01 Å². The van der Waals surface area contributed by atoms with Crippen LogP contribution in [-0.2, 0) is 6.54 Å². The predicted molar refractivity (Wildman–Crippen MR) is 61.3 cm³/mol. The van der Waals surface area contributed by atoms with E-state index in [4.69, 9.17) is 4.43 Å². The lowest BCUT2D eigenvalue weighted by molar-refractivity contribution is 0.421. The molecule has 0 unspecified atom stereocenters. The van der Waals surface area contributed by atoms with Gasteiger partial charge in [-0.15, -0.1) is 0 Å². The third-order valence-electron chi connectivity index (χ3n) is 2.95. The lowest BCUT2D eigenvalue weighted by atomic mass is 10.2. The standard InChI is InChI=1S/C9H20N4OSi/c1-7-13-8(10-11-12-13)14-15(5,6)9(2,3)4/h7H2,1-6H3. The van der Waals surface area contributed by atoms with E-state index in [-0.39, 0.29) is 5.04 Å². The van der Waals surface area contributed by atoms with Crippen LogP contribution < -0.4 is 4.43 Å². The first kappa shape index (κ1) is 12.2. The number of aromatic nitrogens is 4. The third kappa shape index (κ3) is 2.56. The molecule has 5 nitrogen and oxygen atoms in total. The molecule has 0 aliphatic carbocycles. The second-order valence-corrected chi connectivity index (χ2v) is 9.86. The van der Waals surface area contributed by atoms with Crippen molar-refractivity contribution in [3.05, 3.63) is 0 Å². The zero-order valence-electron chi connectivity index (χ0n) is 10.4. The van der Waals surface area contributed by atoms with E-state index in [1.807, 2.05) is 6.92 Å². The van der Waals surface area contributed by atoms with E-state index < -0.39 is 8.32 Å².